The number of pyridine rings is 1. The maximum atomic E-state index is 12.3. The summed E-state index contributed by atoms with van der Waals surface area (Å²) in [5.41, 5.74) is 5.85. The summed E-state index contributed by atoms with van der Waals surface area (Å²) in [6.07, 6.45) is 2.13. The molecule has 2 N–H and O–H groups in total. The van der Waals surface area contributed by atoms with E-state index in [0.717, 1.165) is 6.42 Å². The van der Waals surface area contributed by atoms with E-state index in [9.17, 15) is 9.59 Å². The number of nitrogens with two attached hydrogens (primary N) is 1. The Bertz CT molecular complexity index is 520. The van der Waals surface area contributed by atoms with Gasteiger partial charge >= 0.3 is 0 Å². The number of likely N-dealkylation sites (N-methyl/N-ethyl adjacent to an activating group) is 1. The number of halogens is 1. The van der Waals surface area contributed by atoms with Crippen LogP contribution in [0.1, 0.15) is 16.8 Å². The van der Waals surface area contributed by atoms with Crippen LogP contribution in [0.5, 0.6) is 0 Å². The lowest BCUT2D eigenvalue weighted by Gasteiger charge is -2.19. The van der Waals surface area contributed by atoms with Gasteiger partial charge in [0.05, 0.1) is 10.6 Å². The highest BCUT2D eigenvalue weighted by molar-refractivity contribution is 6.33. The molecule has 6 nitrogen and oxygen atoms in total. The zero-order chi connectivity index (χ0) is 14.0. The van der Waals surface area contributed by atoms with Gasteiger partial charge in [-0.2, -0.15) is 0 Å². The number of rotatable bonds is 1. The molecule has 0 radical (unpaired) electrons. The van der Waals surface area contributed by atoms with E-state index in [-0.39, 0.29) is 29.2 Å². The topological polar surface area (TPSA) is 79.5 Å². The molecular formula is C12H15ClN4O2. The van der Waals surface area contributed by atoms with Crippen molar-refractivity contribution in [3.8, 4) is 0 Å². The van der Waals surface area contributed by atoms with E-state index >= 15 is 0 Å². The Morgan fingerprint density at radius 3 is 2.89 bits per heavy atom. The van der Waals surface area contributed by atoms with Crippen molar-refractivity contribution in [1.29, 1.82) is 0 Å². The number of carbonyl (C=O) groups excluding carboxylic acids is 2. The molecule has 102 valence electrons. The third kappa shape index (κ3) is 2.96. The quantitative estimate of drug-likeness (QED) is 0.819. The lowest BCUT2D eigenvalue weighted by Crippen LogP contribution is -2.38. The molecule has 19 heavy (non-hydrogen) atoms. The average molecular weight is 283 g/mol. The Balaban J connectivity index is 2.18. The molecule has 0 atom stereocenters. The van der Waals surface area contributed by atoms with Gasteiger partial charge in [-0.3, -0.25) is 9.59 Å². The van der Waals surface area contributed by atoms with Crippen LogP contribution in [-0.4, -0.2) is 53.3 Å². The minimum Gasteiger partial charge on any atom is -0.382 e. The van der Waals surface area contributed by atoms with Crippen LogP contribution in [0.4, 0.5) is 5.82 Å². The second-order valence-electron chi connectivity index (χ2n) is 4.49. The highest BCUT2D eigenvalue weighted by Gasteiger charge is 2.24. The van der Waals surface area contributed by atoms with Gasteiger partial charge in [-0.15, -0.1) is 0 Å². The molecular weight excluding hydrogens is 268 g/mol. The van der Waals surface area contributed by atoms with E-state index in [0.29, 0.717) is 18.7 Å². The average Bonchev–Trinajstić information content (AvgIpc) is 2.55. The van der Waals surface area contributed by atoms with E-state index < -0.39 is 0 Å². The predicted molar refractivity (Wildman–Crippen MR) is 71.8 cm³/mol. The molecule has 2 heterocycles. The van der Waals surface area contributed by atoms with Crippen molar-refractivity contribution in [1.82, 2.24) is 14.8 Å². The van der Waals surface area contributed by atoms with E-state index in [4.69, 9.17) is 17.3 Å². The summed E-state index contributed by atoms with van der Waals surface area (Å²) >= 11 is 5.85. The Kier molecular flexibility index (Phi) is 3.90. The van der Waals surface area contributed by atoms with Gasteiger partial charge in [-0.25, -0.2) is 4.98 Å². The number of hydrogen-bond acceptors (Lipinski definition) is 4. The third-order valence-electron chi connectivity index (χ3n) is 3.08. The van der Waals surface area contributed by atoms with Crippen molar-refractivity contribution in [2.75, 3.05) is 32.4 Å². The van der Waals surface area contributed by atoms with Crippen LogP contribution in [0.25, 0.3) is 0 Å². The fourth-order valence-corrected chi connectivity index (χ4v) is 2.07. The standard InChI is InChI=1S/C12H15ClN4O2/c1-16-3-2-4-17(7-10(16)18)12(19)8-5-9(13)11(14)15-6-8/h5-6H,2-4,7H2,1H3,(H2,14,15). The third-order valence-corrected chi connectivity index (χ3v) is 3.38. The maximum Gasteiger partial charge on any atom is 0.255 e. The Labute approximate surface area is 116 Å². The van der Waals surface area contributed by atoms with E-state index in [2.05, 4.69) is 4.98 Å². The van der Waals surface area contributed by atoms with Crippen LogP contribution in [0.2, 0.25) is 5.02 Å². The number of carbonyl (C=O) groups is 2. The minimum absolute atomic E-state index is 0.0691. The Morgan fingerprint density at radius 1 is 1.47 bits per heavy atom. The predicted octanol–water partition coefficient (Wildman–Crippen LogP) is 0.622. The molecule has 1 saturated heterocycles. The molecule has 1 fully saturated rings. The van der Waals surface area contributed by atoms with Crippen molar-refractivity contribution >= 4 is 29.2 Å². The zero-order valence-electron chi connectivity index (χ0n) is 10.6. The summed E-state index contributed by atoms with van der Waals surface area (Å²) in [5, 5.41) is 0.240. The summed E-state index contributed by atoms with van der Waals surface area (Å²) in [7, 11) is 1.73. The first-order valence-corrected chi connectivity index (χ1v) is 6.31. The molecule has 7 heteroatoms. The minimum atomic E-state index is -0.252. The Hall–Kier alpha value is -1.82. The maximum absolute atomic E-state index is 12.3. The van der Waals surface area contributed by atoms with Gasteiger partial charge in [0.25, 0.3) is 5.91 Å². The van der Waals surface area contributed by atoms with Gasteiger partial charge in [0.1, 0.15) is 12.4 Å². The van der Waals surface area contributed by atoms with Crippen LogP contribution in [0.3, 0.4) is 0 Å². The highest BCUT2D eigenvalue weighted by Crippen LogP contribution is 2.18. The van der Waals surface area contributed by atoms with Crippen LogP contribution in [0.15, 0.2) is 12.3 Å². The number of aromatic nitrogens is 1. The number of amides is 2. The summed E-state index contributed by atoms with van der Waals surface area (Å²) in [6, 6.07) is 1.48. The smallest absolute Gasteiger partial charge is 0.255 e. The van der Waals surface area contributed by atoms with Gasteiger partial charge in [0, 0.05) is 26.3 Å². The summed E-state index contributed by atoms with van der Waals surface area (Å²) in [4.78, 5) is 31.0. The van der Waals surface area contributed by atoms with E-state index in [1.54, 1.807) is 11.9 Å². The fraction of sp³-hybridized carbons (Fsp3) is 0.417. The first-order valence-electron chi connectivity index (χ1n) is 5.93. The molecule has 2 rings (SSSR count). The molecule has 0 aromatic carbocycles. The summed E-state index contributed by atoms with van der Waals surface area (Å²) < 4.78 is 0. The molecule has 1 aromatic heterocycles. The van der Waals surface area contributed by atoms with Gasteiger partial charge < -0.3 is 15.5 Å². The lowest BCUT2D eigenvalue weighted by molar-refractivity contribution is -0.129. The second kappa shape index (κ2) is 5.44. The van der Waals surface area contributed by atoms with Crippen molar-refractivity contribution in [3.63, 3.8) is 0 Å². The normalized spacial score (nSPS) is 16.4. The Morgan fingerprint density at radius 2 is 2.21 bits per heavy atom. The lowest BCUT2D eigenvalue weighted by atomic mass is 10.2. The number of nitrogen functional groups attached to an aromatic ring is 1. The van der Waals surface area contributed by atoms with Gasteiger partial charge in [-0.05, 0) is 12.5 Å². The molecule has 1 aliphatic rings. The largest absolute Gasteiger partial charge is 0.382 e. The molecule has 0 bridgehead atoms. The fourth-order valence-electron chi connectivity index (χ4n) is 1.91. The SMILES string of the molecule is CN1CCCN(C(=O)c2cnc(N)c(Cl)c2)CC1=O. The van der Waals surface area contributed by atoms with Crippen LogP contribution in [0, 0.1) is 0 Å². The molecule has 0 saturated carbocycles. The monoisotopic (exact) mass is 282 g/mol. The summed E-state index contributed by atoms with van der Waals surface area (Å²) in [6.45, 7) is 1.28. The molecule has 1 aromatic rings. The van der Waals surface area contributed by atoms with Gasteiger partial charge in [0.2, 0.25) is 5.91 Å². The zero-order valence-corrected chi connectivity index (χ0v) is 11.4. The van der Waals surface area contributed by atoms with E-state index in [1.807, 2.05) is 0 Å². The molecule has 0 spiro atoms. The number of nitrogens with zero attached hydrogens (tertiary/aromatic N) is 3. The van der Waals surface area contributed by atoms with Crippen LogP contribution >= 0.6 is 11.6 Å². The van der Waals surface area contributed by atoms with Crippen molar-refractivity contribution in [2.45, 2.75) is 6.42 Å². The van der Waals surface area contributed by atoms with E-state index in [1.165, 1.54) is 17.2 Å². The first-order chi connectivity index (χ1) is 8.99. The van der Waals surface area contributed by atoms with Gasteiger partial charge in [-0.1, -0.05) is 11.6 Å². The molecule has 2 amide bonds. The van der Waals surface area contributed by atoms with Gasteiger partial charge in [0.15, 0.2) is 0 Å². The van der Waals surface area contributed by atoms with Crippen molar-refractivity contribution in [3.05, 3.63) is 22.8 Å². The highest BCUT2D eigenvalue weighted by atomic mass is 35.5. The molecule has 1 aliphatic heterocycles. The number of hydrogen-bond donors (Lipinski definition) is 1. The van der Waals surface area contributed by atoms with Crippen LogP contribution in [-0.2, 0) is 4.79 Å². The van der Waals surface area contributed by atoms with Crippen molar-refractivity contribution in [2.24, 2.45) is 0 Å². The van der Waals surface area contributed by atoms with Crippen LogP contribution < -0.4 is 5.73 Å². The molecule has 0 unspecified atom stereocenters. The second-order valence-corrected chi connectivity index (χ2v) is 4.89. The first kappa shape index (κ1) is 13.6. The summed E-state index contributed by atoms with van der Waals surface area (Å²) in [5.74, 6) is -0.136. The molecule has 0 aliphatic carbocycles. The van der Waals surface area contributed by atoms with Crippen molar-refractivity contribution < 1.29 is 9.59 Å². The number of anilines is 1.